The Morgan fingerprint density at radius 1 is 1.38 bits per heavy atom. The van der Waals surface area contributed by atoms with Gasteiger partial charge in [0.2, 0.25) is 5.91 Å². The number of carbonyl (C=O) groups is 1. The summed E-state index contributed by atoms with van der Waals surface area (Å²) < 4.78 is 0. The molecule has 0 aromatic heterocycles. The lowest BCUT2D eigenvalue weighted by atomic mass is 9.98. The van der Waals surface area contributed by atoms with E-state index >= 15 is 0 Å². The van der Waals surface area contributed by atoms with Crippen molar-refractivity contribution in [2.24, 2.45) is 11.8 Å². The van der Waals surface area contributed by atoms with Crippen LogP contribution in [0.2, 0.25) is 0 Å². The first-order chi connectivity index (χ1) is 7.75. The highest BCUT2D eigenvalue weighted by Gasteiger charge is 2.24. The first-order valence-electron chi connectivity index (χ1n) is 6.76. The molecule has 2 N–H and O–H groups in total. The van der Waals surface area contributed by atoms with Gasteiger partial charge < -0.3 is 10.6 Å². The van der Waals surface area contributed by atoms with Crippen molar-refractivity contribution in [3.05, 3.63) is 0 Å². The van der Waals surface area contributed by atoms with Crippen LogP contribution in [0.15, 0.2) is 0 Å². The van der Waals surface area contributed by atoms with E-state index in [0.29, 0.717) is 18.4 Å². The topological polar surface area (TPSA) is 41.1 Å². The molecule has 0 bridgehead atoms. The fraction of sp³-hybridized carbons (Fsp3) is 0.923. The molecule has 0 aromatic rings. The van der Waals surface area contributed by atoms with E-state index in [2.05, 4.69) is 17.6 Å². The van der Waals surface area contributed by atoms with Crippen LogP contribution in [0.4, 0.5) is 0 Å². The molecule has 3 heteroatoms. The Hall–Kier alpha value is -0.570. The summed E-state index contributed by atoms with van der Waals surface area (Å²) in [5.41, 5.74) is 0. The zero-order chi connectivity index (χ0) is 11.4. The van der Waals surface area contributed by atoms with E-state index < -0.39 is 0 Å². The number of carbonyl (C=O) groups excluding carboxylic acids is 1. The minimum atomic E-state index is 0.257. The molecule has 2 fully saturated rings. The van der Waals surface area contributed by atoms with Crippen molar-refractivity contribution in [2.45, 2.75) is 51.5 Å². The Morgan fingerprint density at radius 3 is 2.75 bits per heavy atom. The number of hydrogen-bond donors (Lipinski definition) is 2. The number of nitrogens with one attached hydrogen (secondary N) is 2. The van der Waals surface area contributed by atoms with Crippen LogP contribution in [-0.4, -0.2) is 25.0 Å². The fourth-order valence-corrected chi connectivity index (χ4v) is 3.04. The zero-order valence-electron chi connectivity index (χ0n) is 10.3. The third kappa shape index (κ3) is 3.21. The molecule has 16 heavy (non-hydrogen) atoms. The van der Waals surface area contributed by atoms with Gasteiger partial charge in [0, 0.05) is 12.5 Å². The van der Waals surface area contributed by atoms with E-state index in [1.807, 2.05) is 0 Å². The van der Waals surface area contributed by atoms with Crippen LogP contribution in [0.1, 0.15) is 45.4 Å². The molecule has 2 aliphatic rings. The van der Waals surface area contributed by atoms with Gasteiger partial charge in [0.15, 0.2) is 0 Å². The summed E-state index contributed by atoms with van der Waals surface area (Å²) in [4.78, 5) is 11.8. The monoisotopic (exact) mass is 224 g/mol. The van der Waals surface area contributed by atoms with Crippen molar-refractivity contribution in [1.82, 2.24) is 10.6 Å². The predicted molar refractivity (Wildman–Crippen MR) is 65.2 cm³/mol. The Morgan fingerprint density at radius 2 is 2.12 bits per heavy atom. The van der Waals surface area contributed by atoms with Crippen LogP contribution in [-0.2, 0) is 4.79 Å². The van der Waals surface area contributed by atoms with E-state index in [0.717, 1.165) is 25.4 Å². The van der Waals surface area contributed by atoms with Gasteiger partial charge in [-0.3, -0.25) is 4.79 Å². The normalized spacial score (nSPS) is 28.2. The maximum Gasteiger partial charge on any atom is 0.220 e. The molecular weight excluding hydrogens is 200 g/mol. The molecule has 0 aromatic carbocycles. The highest BCUT2D eigenvalue weighted by Crippen LogP contribution is 2.27. The fourth-order valence-electron chi connectivity index (χ4n) is 3.04. The molecule has 3 nitrogen and oxygen atoms in total. The summed E-state index contributed by atoms with van der Waals surface area (Å²) in [6, 6.07) is 0.379. The SMILES string of the molecule is CC(NC(=O)CC1CCNC1)C1CCCC1. The van der Waals surface area contributed by atoms with E-state index in [1.165, 1.54) is 25.7 Å². The molecule has 0 radical (unpaired) electrons. The highest BCUT2D eigenvalue weighted by molar-refractivity contribution is 5.76. The molecule has 1 saturated heterocycles. The van der Waals surface area contributed by atoms with Gasteiger partial charge in [0.05, 0.1) is 0 Å². The number of rotatable bonds is 4. The molecule has 1 heterocycles. The van der Waals surface area contributed by atoms with Gasteiger partial charge >= 0.3 is 0 Å². The van der Waals surface area contributed by atoms with Gasteiger partial charge in [-0.25, -0.2) is 0 Å². The maximum atomic E-state index is 11.8. The summed E-state index contributed by atoms with van der Waals surface area (Å²) >= 11 is 0. The summed E-state index contributed by atoms with van der Waals surface area (Å²) in [7, 11) is 0. The third-order valence-electron chi connectivity index (χ3n) is 4.13. The van der Waals surface area contributed by atoms with Crippen molar-refractivity contribution in [1.29, 1.82) is 0 Å². The van der Waals surface area contributed by atoms with Crippen LogP contribution in [0.3, 0.4) is 0 Å². The molecule has 0 spiro atoms. The van der Waals surface area contributed by atoms with Crippen molar-refractivity contribution in [2.75, 3.05) is 13.1 Å². The molecule has 1 aliphatic carbocycles. The third-order valence-corrected chi connectivity index (χ3v) is 4.13. The Labute approximate surface area is 98.4 Å². The smallest absolute Gasteiger partial charge is 0.220 e. The number of hydrogen-bond acceptors (Lipinski definition) is 2. The van der Waals surface area contributed by atoms with Crippen molar-refractivity contribution in [3.63, 3.8) is 0 Å². The van der Waals surface area contributed by atoms with Crippen LogP contribution >= 0.6 is 0 Å². The lowest BCUT2D eigenvalue weighted by Gasteiger charge is -2.21. The summed E-state index contributed by atoms with van der Waals surface area (Å²) in [6.07, 6.45) is 7.16. The summed E-state index contributed by atoms with van der Waals surface area (Å²) in [5.74, 6) is 1.55. The van der Waals surface area contributed by atoms with Crippen molar-refractivity contribution in [3.8, 4) is 0 Å². The van der Waals surface area contributed by atoms with E-state index in [4.69, 9.17) is 0 Å². The second-order valence-corrected chi connectivity index (χ2v) is 5.46. The Balaban J connectivity index is 1.68. The first-order valence-corrected chi connectivity index (χ1v) is 6.76. The highest BCUT2D eigenvalue weighted by atomic mass is 16.1. The van der Waals surface area contributed by atoms with Gasteiger partial charge in [-0.05, 0) is 51.1 Å². The molecule has 1 saturated carbocycles. The minimum absolute atomic E-state index is 0.257. The van der Waals surface area contributed by atoms with E-state index in [9.17, 15) is 4.79 Å². The van der Waals surface area contributed by atoms with Gasteiger partial charge in [0.25, 0.3) is 0 Å². The Bertz CT molecular complexity index is 230. The van der Waals surface area contributed by atoms with Crippen LogP contribution < -0.4 is 10.6 Å². The van der Waals surface area contributed by atoms with Gasteiger partial charge in [0.1, 0.15) is 0 Å². The standard InChI is InChI=1S/C13H24N2O/c1-10(12-4-2-3-5-12)15-13(16)8-11-6-7-14-9-11/h10-12,14H,2-9H2,1H3,(H,15,16). The molecule has 2 atom stereocenters. The van der Waals surface area contributed by atoms with Gasteiger partial charge in [-0.15, -0.1) is 0 Å². The van der Waals surface area contributed by atoms with Gasteiger partial charge in [-0.1, -0.05) is 12.8 Å². The Kier molecular flexibility index (Phi) is 4.22. The summed E-state index contributed by atoms with van der Waals surface area (Å²) in [6.45, 7) is 4.27. The van der Waals surface area contributed by atoms with E-state index in [1.54, 1.807) is 0 Å². The zero-order valence-corrected chi connectivity index (χ0v) is 10.3. The van der Waals surface area contributed by atoms with E-state index in [-0.39, 0.29) is 5.91 Å². The van der Waals surface area contributed by atoms with Gasteiger partial charge in [-0.2, -0.15) is 0 Å². The molecule has 1 amide bonds. The van der Waals surface area contributed by atoms with Crippen LogP contribution in [0, 0.1) is 11.8 Å². The minimum Gasteiger partial charge on any atom is -0.353 e. The molecule has 2 unspecified atom stereocenters. The molecule has 1 aliphatic heterocycles. The lowest BCUT2D eigenvalue weighted by molar-refractivity contribution is -0.122. The second kappa shape index (κ2) is 5.67. The average Bonchev–Trinajstić information content (AvgIpc) is 2.88. The summed E-state index contributed by atoms with van der Waals surface area (Å²) in [5, 5.41) is 6.49. The maximum absolute atomic E-state index is 11.8. The number of amides is 1. The predicted octanol–water partition coefficient (Wildman–Crippen LogP) is 1.68. The van der Waals surface area contributed by atoms with Crippen molar-refractivity contribution < 1.29 is 4.79 Å². The van der Waals surface area contributed by atoms with Crippen LogP contribution in [0.25, 0.3) is 0 Å². The lowest BCUT2D eigenvalue weighted by Crippen LogP contribution is -2.38. The van der Waals surface area contributed by atoms with Crippen LogP contribution in [0.5, 0.6) is 0 Å². The second-order valence-electron chi connectivity index (χ2n) is 5.46. The molecule has 2 rings (SSSR count). The molecular formula is C13H24N2O. The largest absolute Gasteiger partial charge is 0.353 e. The van der Waals surface area contributed by atoms with Crippen molar-refractivity contribution >= 4 is 5.91 Å². The quantitative estimate of drug-likeness (QED) is 0.763. The average molecular weight is 224 g/mol. The first kappa shape index (κ1) is 11.9. The molecule has 92 valence electrons.